The van der Waals surface area contributed by atoms with Crippen molar-refractivity contribution in [2.45, 2.75) is 104 Å². The van der Waals surface area contributed by atoms with Crippen LogP contribution in [0.2, 0.25) is 0 Å². The fraction of sp³-hybridized carbons (Fsp3) is 0.600. The van der Waals surface area contributed by atoms with Gasteiger partial charge in [0.05, 0.1) is 5.69 Å². The second kappa shape index (κ2) is 14.4. The molecular formula is C35H49F3N4O. The zero-order chi connectivity index (χ0) is 31.2. The fourth-order valence-corrected chi connectivity index (χ4v) is 6.68. The molecule has 0 saturated carbocycles. The first-order chi connectivity index (χ1) is 20.4. The van der Waals surface area contributed by atoms with Crippen molar-refractivity contribution >= 4 is 16.7 Å². The summed E-state index contributed by atoms with van der Waals surface area (Å²) in [6.45, 7) is 10.6. The summed E-state index contributed by atoms with van der Waals surface area (Å²) in [5, 5.41) is 0.888. The minimum absolute atomic E-state index is 0.126. The van der Waals surface area contributed by atoms with Gasteiger partial charge in [-0.05, 0) is 112 Å². The van der Waals surface area contributed by atoms with Crippen LogP contribution in [0.5, 0.6) is 0 Å². The SMILES string of the molecule is CCc1ncccc1-c1c(CC(C)(C)CCC(C)=O)c2cc(C3CCN(CCCCCCN)C3)ccc2n1CC(F)(F)F. The summed E-state index contributed by atoms with van der Waals surface area (Å²) >= 11 is 0. The molecule has 1 unspecified atom stereocenters. The van der Waals surface area contributed by atoms with Crippen LogP contribution in [0.1, 0.15) is 95.4 Å². The Morgan fingerprint density at radius 2 is 1.88 bits per heavy atom. The molecule has 0 spiro atoms. The number of rotatable bonds is 15. The number of likely N-dealkylation sites (tertiary alicyclic amines) is 1. The predicted octanol–water partition coefficient (Wildman–Crippen LogP) is 8.07. The fourth-order valence-electron chi connectivity index (χ4n) is 6.68. The van der Waals surface area contributed by atoms with Crippen molar-refractivity contribution in [1.29, 1.82) is 0 Å². The second-order valence-electron chi connectivity index (χ2n) is 13.2. The molecule has 1 atom stereocenters. The van der Waals surface area contributed by atoms with Crippen molar-refractivity contribution in [3.8, 4) is 11.3 Å². The van der Waals surface area contributed by atoms with Gasteiger partial charge in [0.2, 0.25) is 0 Å². The number of aromatic nitrogens is 2. The highest BCUT2D eigenvalue weighted by Gasteiger charge is 2.34. The number of benzene rings is 1. The van der Waals surface area contributed by atoms with E-state index in [1.165, 1.54) is 29.4 Å². The number of pyridine rings is 1. The highest BCUT2D eigenvalue weighted by Crippen LogP contribution is 2.43. The Bertz CT molecular complexity index is 1380. The zero-order valence-electron chi connectivity index (χ0n) is 26.4. The largest absolute Gasteiger partial charge is 0.406 e. The number of carbonyl (C=O) groups excluding carboxylic acids is 1. The third kappa shape index (κ3) is 8.69. The molecule has 2 N–H and O–H groups in total. The first-order valence-corrected chi connectivity index (χ1v) is 16.0. The van der Waals surface area contributed by atoms with Crippen molar-refractivity contribution in [3.05, 3.63) is 53.3 Å². The maximum absolute atomic E-state index is 14.2. The first kappa shape index (κ1) is 33.2. The van der Waals surface area contributed by atoms with Gasteiger partial charge in [-0.25, -0.2) is 0 Å². The van der Waals surface area contributed by atoms with Crippen LogP contribution in [0, 0.1) is 5.41 Å². The van der Waals surface area contributed by atoms with Crippen molar-refractivity contribution in [2.75, 3.05) is 26.2 Å². The molecule has 1 aromatic carbocycles. The topological polar surface area (TPSA) is 64.2 Å². The van der Waals surface area contributed by atoms with Gasteiger partial charge in [-0.2, -0.15) is 13.2 Å². The summed E-state index contributed by atoms with van der Waals surface area (Å²) in [6, 6.07) is 9.83. The molecule has 0 aliphatic carbocycles. The van der Waals surface area contributed by atoms with Crippen molar-refractivity contribution in [2.24, 2.45) is 11.1 Å². The highest BCUT2D eigenvalue weighted by molar-refractivity contribution is 5.93. The number of nitrogens with zero attached hydrogens (tertiary/aromatic N) is 3. The molecule has 2 aromatic heterocycles. The van der Waals surface area contributed by atoms with Crippen LogP contribution >= 0.6 is 0 Å². The molecule has 236 valence electrons. The van der Waals surface area contributed by atoms with Crippen LogP contribution in [-0.2, 0) is 24.2 Å². The monoisotopic (exact) mass is 598 g/mol. The third-order valence-corrected chi connectivity index (χ3v) is 8.99. The average molecular weight is 599 g/mol. The molecule has 1 saturated heterocycles. The Balaban J connectivity index is 1.79. The lowest BCUT2D eigenvalue weighted by atomic mass is 9.79. The molecule has 0 amide bonds. The number of nitrogens with two attached hydrogens (primary N) is 1. The van der Waals surface area contributed by atoms with E-state index in [9.17, 15) is 18.0 Å². The Labute approximate surface area is 255 Å². The van der Waals surface area contributed by atoms with Crippen molar-refractivity contribution < 1.29 is 18.0 Å². The molecule has 1 fully saturated rings. The van der Waals surface area contributed by atoms with Crippen LogP contribution < -0.4 is 5.73 Å². The number of hydrogen-bond donors (Lipinski definition) is 1. The van der Waals surface area contributed by atoms with E-state index < -0.39 is 12.7 Å². The predicted molar refractivity (Wildman–Crippen MR) is 169 cm³/mol. The second-order valence-corrected chi connectivity index (χ2v) is 13.2. The number of unbranched alkanes of at least 4 members (excludes halogenated alkanes) is 3. The van der Waals surface area contributed by atoms with E-state index in [-0.39, 0.29) is 11.2 Å². The lowest BCUT2D eigenvalue weighted by Crippen LogP contribution is -2.21. The molecule has 3 aromatic rings. The number of hydrogen-bond acceptors (Lipinski definition) is 4. The van der Waals surface area contributed by atoms with Gasteiger partial charge in [-0.1, -0.05) is 39.7 Å². The number of carbonyl (C=O) groups is 1. The molecule has 3 heterocycles. The Kier molecular flexibility index (Phi) is 11.1. The van der Waals surface area contributed by atoms with Gasteiger partial charge in [0.15, 0.2) is 0 Å². The van der Waals surface area contributed by atoms with Gasteiger partial charge >= 0.3 is 6.18 Å². The van der Waals surface area contributed by atoms with E-state index in [2.05, 4.69) is 29.8 Å². The normalized spacial score (nSPS) is 16.4. The molecule has 0 radical (unpaired) electrons. The maximum atomic E-state index is 14.2. The quantitative estimate of drug-likeness (QED) is 0.180. The number of halogens is 3. The van der Waals surface area contributed by atoms with Crippen LogP contribution in [0.3, 0.4) is 0 Å². The van der Waals surface area contributed by atoms with Crippen molar-refractivity contribution in [3.63, 3.8) is 0 Å². The zero-order valence-corrected chi connectivity index (χ0v) is 26.4. The molecule has 43 heavy (non-hydrogen) atoms. The number of aryl methyl sites for hydroxylation is 1. The van der Waals surface area contributed by atoms with Crippen LogP contribution in [0.15, 0.2) is 36.5 Å². The van der Waals surface area contributed by atoms with Gasteiger partial charge < -0.3 is 20.0 Å². The highest BCUT2D eigenvalue weighted by atomic mass is 19.4. The molecular weight excluding hydrogens is 549 g/mol. The van der Waals surface area contributed by atoms with Gasteiger partial charge in [0, 0.05) is 41.3 Å². The summed E-state index contributed by atoms with van der Waals surface area (Å²) in [4.78, 5) is 18.9. The number of fused-ring (bicyclic) bond motifs is 1. The summed E-state index contributed by atoms with van der Waals surface area (Å²) in [6.07, 6.45) is 5.28. The smallest absolute Gasteiger partial charge is 0.331 e. The minimum Gasteiger partial charge on any atom is -0.331 e. The summed E-state index contributed by atoms with van der Waals surface area (Å²) in [5.74, 6) is 0.479. The molecule has 1 aliphatic heterocycles. The molecule has 8 heteroatoms. The number of ketones is 1. The van der Waals surface area contributed by atoms with Crippen LogP contribution in [-0.4, -0.2) is 52.6 Å². The van der Waals surface area contributed by atoms with E-state index in [0.29, 0.717) is 42.8 Å². The maximum Gasteiger partial charge on any atom is 0.406 e. The van der Waals surface area contributed by atoms with E-state index in [4.69, 9.17) is 5.73 Å². The van der Waals surface area contributed by atoms with E-state index in [1.807, 2.05) is 31.2 Å². The van der Waals surface area contributed by atoms with Gasteiger partial charge in [-0.3, -0.25) is 4.98 Å². The standard InChI is InChI=1S/C35H49F3N4O/c1-5-31-28(11-10-18-40-31)33-30(22-34(3,4)16-14-25(2)43)29-21-26(12-13-32(29)42(33)24-35(36,37)38)27-15-20-41(23-27)19-9-7-6-8-17-39/h10-13,18,21,27H,5-9,14-17,19-20,22-24,39H2,1-4H3. The minimum atomic E-state index is -4.38. The van der Waals surface area contributed by atoms with Gasteiger partial charge in [-0.15, -0.1) is 0 Å². The Hall–Kier alpha value is -2.71. The van der Waals surface area contributed by atoms with E-state index >= 15 is 0 Å². The van der Waals surface area contributed by atoms with Crippen molar-refractivity contribution in [1.82, 2.24) is 14.5 Å². The first-order valence-electron chi connectivity index (χ1n) is 16.0. The Morgan fingerprint density at radius 1 is 1.12 bits per heavy atom. The molecule has 5 nitrogen and oxygen atoms in total. The van der Waals surface area contributed by atoms with Gasteiger partial charge in [0.1, 0.15) is 12.3 Å². The van der Waals surface area contributed by atoms with Crippen LogP contribution in [0.4, 0.5) is 13.2 Å². The average Bonchev–Trinajstić information content (AvgIpc) is 3.53. The number of Topliss-reactive ketones (excluding diaryl/α,β-unsaturated/α-hetero) is 1. The summed E-state index contributed by atoms with van der Waals surface area (Å²) in [7, 11) is 0. The Morgan fingerprint density at radius 3 is 2.58 bits per heavy atom. The van der Waals surface area contributed by atoms with Crippen LogP contribution in [0.25, 0.3) is 22.2 Å². The van der Waals surface area contributed by atoms with E-state index in [0.717, 1.165) is 61.2 Å². The molecule has 1 aliphatic rings. The molecule has 0 bridgehead atoms. The third-order valence-electron chi connectivity index (χ3n) is 8.99. The summed E-state index contributed by atoms with van der Waals surface area (Å²) in [5.41, 5.74) is 10.2. The van der Waals surface area contributed by atoms with Gasteiger partial charge in [0.25, 0.3) is 0 Å². The number of alkyl halides is 3. The molecule has 4 rings (SSSR count). The summed E-state index contributed by atoms with van der Waals surface area (Å²) < 4.78 is 43.9. The lowest BCUT2D eigenvalue weighted by molar-refractivity contribution is -0.139. The van der Waals surface area contributed by atoms with E-state index in [1.54, 1.807) is 13.1 Å². The lowest BCUT2D eigenvalue weighted by Gasteiger charge is -2.25.